The quantitative estimate of drug-likeness (QED) is 0.259. The minimum atomic E-state index is 0.0431. The molecule has 0 bridgehead atoms. The van der Waals surface area contributed by atoms with Crippen LogP contribution in [-0.4, -0.2) is 5.97 Å². The van der Waals surface area contributed by atoms with Crippen molar-refractivity contribution in [3.8, 4) is 5.75 Å². The standard InChI is InChI=1S/C33H52O2/c1-4-9-24(3)30-21-22-32(31(23-30)28-11-7-6-8-12-28)35-33(34)29-19-17-27(18-20-29)26-15-13-25(10-5-2)14-16-26/h21-29H,4-20H2,1-3H3. The topological polar surface area (TPSA) is 26.3 Å². The van der Waals surface area contributed by atoms with Crippen molar-refractivity contribution in [3.05, 3.63) is 29.3 Å². The monoisotopic (exact) mass is 480 g/mol. The van der Waals surface area contributed by atoms with Gasteiger partial charge in [-0.25, -0.2) is 0 Å². The van der Waals surface area contributed by atoms with Crippen molar-refractivity contribution in [2.24, 2.45) is 23.7 Å². The summed E-state index contributed by atoms with van der Waals surface area (Å²) in [6.45, 7) is 6.93. The van der Waals surface area contributed by atoms with Gasteiger partial charge in [-0.3, -0.25) is 4.79 Å². The first-order chi connectivity index (χ1) is 17.1. The minimum absolute atomic E-state index is 0.0431. The predicted octanol–water partition coefficient (Wildman–Crippen LogP) is 9.96. The van der Waals surface area contributed by atoms with Crippen molar-refractivity contribution in [1.29, 1.82) is 0 Å². The summed E-state index contributed by atoms with van der Waals surface area (Å²) in [6.07, 6.45) is 21.9. The third kappa shape index (κ3) is 7.14. The molecule has 1 aromatic rings. The second-order valence-electron chi connectivity index (χ2n) is 12.4. The van der Waals surface area contributed by atoms with Crippen LogP contribution >= 0.6 is 0 Å². The number of rotatable bonds is 9. The van der Waals surface area contributed by atoms with E-state index in [2.05, 4.69) is 39.0 Å². The van der Waals surface area contributed by atoms with Gasteiger partial charge in [0.05, 0.1) is 5.92 Å². The van der Waals surface area contributed by atoms with Crippen LogP contribution in [-0.2, 0) is 4.79 Å². The van der Waals surface area contributed by atoms with Crippen LogP contribution in [0.3, 0.4) is 0 Å². The molecule has 0 radical (unpaired) electrons. The van der Waals surface area contributed by atoms with Crippen LogP contribution in [0.1, 0.15) is 153 Å². The number of hydrogen-bond donors (Lipinski definition) is 0. The van der Waals surface area contributed by atoms with Gasteiger partial charge in [-0.05, 0) is 105 Å². The molecule has 1 unspecified atom stereocenters. The van der Waals surface area contributed by atoms with Crippen molar-refractivity contribution >= 4 is 5.97 Å². The molecule has 3 aliphatic carbocycles. The molecule has 3 fully saturated rings. The molecular weight excluding hydrogens is 428 g/mol. The first-order valence-corrected chi connectivity index (χ1v) is 15.4. The van der Waals surface area contributed by atoms with Gasteiger partial charge in [0, 0.05) is 0 Å². The molecule has 0 N–H and O–H groups in total. The minimum Gasteiger partial charge on any atom is -0.426 e. The van der Waals surface area contributed by atoms with Crippen molar-refractivity contribution in [2.45, 2.75) is 142 Å². The molecule has 0 aromatic heterocycles. The van der Waals surface area contributed by atoms with Crippen LogP contribution in [0.2, 0.25) is 0 Å². The molecule has 0 spiro atoms. The van der Waals surface area contributed by atoms with Crippen LogP contribution in [0.25, 0.3) is 0 Å². The summed E-state index contributed by atoms with van der Waals surface area (Å²) in [4.78, 5) is 13.3. The van der Waals surface area contributed by atoms with E-state index in [9.17, 15) is 4.79 Å². The Bertz CT molecular complexity index is 776. The zero-order valence-corrected chi connectivity index (χ0v) is 23.0. The molecule has 3 aliphatic rings. The zero-order chi connectivity index (χ0) is 24.6. The number of benzene rings is 1. The fraction of sp³-hybridized carbons (Fsp3) is 0.788. The van der Waals surface area contributed by atoms with Crippen LogP contribution in [0.15, 0.2) is 18.2 Å². The molecule has 0 amide bonds. The van der Waals surface area contributed by atoms with Crippen molar-refractivity contribution in [2.75, 3.05) is 0 Å². The molecule has 1 aromatic carbocycles. The Morgan fingerprint density at radius 2 is 1.51 bits per heavy atom. The number of hydrogen-bond acceptors (Lipinski definition) is 2. The van der Waals surface area contributed by atoms with Gasteiger partial charge in [0.1, 0.15) is 5.75 Å². The molecule has 0 heterocycles. The highest BCUT2D eigenvalue weighted by Gasteiger charge is 2.34. The third-order valence-electron chi connectivity index (χ3n) is 9.94. The van der Waals surface area contributed by atoms with E-state index < -0.39 is 0 Å². The highest BCUT2D eigenvalue weighted by atomic mass is 16.5. The maximum atomic E-state index is 13.3. The fourth-order valence-electron chi connectivity index (χ4n) is 7.67. The van der Waals surface area contributed by atoms with E-state index in [4.69, 9.17) is 4.74 Å². The van der Waals surface area contributed by atoms with Gasteiger partial charge in [0.25, 0.3) is 0 Å². The van der Waals surface area contributed by atoms with E-state index in [0.717, 1.165) is 36.3 Å². The summed E-state index contributed by atoms with van der Waals surface area (Å²) < 4.78 is 6.22. The van der Waals surface area contributed by atoms with Gasteiger partial charge in [0.15, 0.2) is 0 Å². The Morgan fingerprint density at radius 1 is 0.857 bits per heavy atom. The molecular formula is C33H52O2. The summed E-state index contributed by atoms with van der Waals surface area (Å²) in [5.41, 5.74) is 2.73. The second kappa shape index (κ2) is 13.3. The summed E-state index contributed by atoms with van der Waals surface area (Å²) in [6, 6.07) is 6.75. The molecule has 0 aliphatic heterocycles. The smallest absolute Gasteiger partial charge is 0.314 e. The molecule has 0 saturated heterocycles. The molecule has 3 saturated carbocycles. The predicted molar refractivity (Wildman–Crippen MR) is 147 cm³/mol. The number of ether oxygens (including phenoxy) is 1. The fourth-order valence-corrected chi connectivity index (χ4v) is 7.67. The molecule has 2 heteroatoms. The molecule has 4 rings (SSSR count). The number of carbonyl (C=O) groups excluding carboxylic acids is 1. The Kier molecular flexibility index (Phi) is 10.2. The first-order valence-electron chi connectivity index (χ1n) is 15.4. The normalized spacial score (nSPS) is 29.0. The number of carbonyl (C=O) groups is 1. The molecule has 1 atom stereocenters. The lowest BCUT2D eigenvalue weighted by atomic mass is 9.69. The van der Waals surface area contributed by atoms with Crippen molar-refractivity contribution in [1.82, 2.24) is 0 Å². The second-order valence-corrected chi connectivity index (χ2v) is 12.4. The SMILES string of the molecule is CCCC1CCC(C2CCC(C(=O)Oc3ccc(C(C)CCC)cc3C3CCCCC3)CC2)CC1. The highest BCUT2D eigenvalue weighted by molar-refractivity contribution is 5.75. The van der Waals surface area contributed by atoms with Crippen LogP contribution in [0.4, 0.5) is 0 Å². The highest BCUT2D eigenvalue weighted by Crippen LogP contribution is 2.43. The van der Waals surface area contributed by atoms with Crippen LogP contribution in [0, 0.1) is 23.7 Å². The van der Waals surface area contributed by atoms with Gasteiger partial charge < -0.3 is 4.74 Å². The number of esters is 1. The Hall–Kier alpha value is -1.31. The summed E-state index contributed by atoms with van der Waals surface area (Å²) in [5.74, 6) is 4.87. The average molecular weight is 481 g/mol. The zero-order valence-electron chi connectivity index (χ0n) is 23.0. The summed E-state index contributed by atoms with van der Waals surface area (Å²) in [7, 11) is 0. The van der Waals surface area contributed by atoms with Crippen molar-refractivity contribution < 1.29 is 9.53 Å². The van der Waals surface area contributed by atoms with Gasteiger partial charge in [0.2, 0.25) is 0 Å². The van der Waals surface area contributed by atoms with Crippen molar-refractivity contribution in [3.63, 3.8) is 0 Å². The van der Waals surface area contributed by atoms with Gasteiger partial charge in [-0.15, -0.1) is 0 Å². The van der Waals surface area contributed by atoms with E-state index >= 15 is 0 Å². The summed E-state index contributed by atoms with van der Waals surface area (Å²) in [5, 5.41) is 0. The third-order valence-corrected chi connectivity index (χ3v) is 9.94. The van der Waals surface area contributed by atoms with E-state index in [0.29, 0.717) is 11.8 Å². The van der Waals surface area contributed by atoms with Crippen LogP contribution < -0.4 is 4.74 Å². The lowest BCUT2D eigenvalue weighted by molar-refractivity contribution is -0.140. The molecule has 2 nitrogen and oxygen atoms in total. The molecule has 196 valence electrons. The van der Waals surface area contributed by atoms with E-state index in [1.54, 1.807) is 0 Å². The first kappa shape index (κ1) is 26.7. The lowest BCUT2D eigenvalue weighted by Gasteiger charge is -2.37. The Labute approximate surface area is 216 Å². The summed E-state index contributed by atoms with van der Waals surface area (Å²) >= 11 is 0. The Balaban J connectivity index is 1.35. The largest absolute Gasteiger partial charge is 0.426 e. The van der Waals surface area contributed by atoms with Crippen LogP contribution in [0.5, 0.6) is 5.75 Å². The van der Waals surface area contributed by atoms with E-state index in [1.807, 2.05) is 0 Å². The average Bonchev–Trinajstić information content (AvgIpc) is 2.90. The van der Waals surface area contributed by atoms with Gasteiger partial charge >= 0.3 is 5.97 Å². The van der Waals surface area contributed by atoms with E-state index in [-0.39, 0.29) is 11.9 Å². The maximum absolute atomic E-state index is 13.3. The van der Waals surface area contributed by atoms with Gasteiger partial charge in [-0.2, -0.15) is 0 Å². The Morgan fingerprint density at radius 3 is 2.14 bits per heavy atom. The molecule has 35 heavy (non-hydrogen) atoms. The van der Waals surface area contributed by atoms with E-state index in [1.165, 1.54) is 107 Å². The van der Waals surface area contributed by atoms with Gasteiger partial charge in [-0.1, -0.05) is 84.3 Å². The lowest BCUT2D eigenvalue weighted by Crippen LogP contribution is -2.30. The maximum Gasteiger partial charge on any atom is 0.314 e.